The van der Waals surface area contributed by atoms with E-state index in [2.05, 4.69) is 69.6 Å². The van der Waals surface area contributed by atoms with Gasteiger partial charge in [0.1, 0.15) is 66.3 Å². The number of rotatable bonds is 26. The summed E-state index contributed by atoms with van der Waals surface area (Å²) in [5.41, 5.74) is 7.21. The SMILES string of the molecule is CC1(F)[C@@H](O)[C@@H](COP(=O)(O)O)O[C@H]1n1ccc(N)nc1=O.CC1(F)[C@@H](O)[C@@H](COP(=O)(O)OP(=O)(O)O)O[C@H]1n1ccc(N)nc1=O.CC1(F)[C@@H](O)[C@@H](COP(=O)(O)OP(=O)(O)OP(=O)(O)O)O[C@H]1n1ccc(N)nc1=O.CC1(F)[C@@H](O)[C@@H](COP(=O)(O)OP(=O)(O)OP(=O)(O)O)O[C@H]1n1cnc2c(=O)[nH]c(N)nc21. The first-order valence-electron chi connectivity index (χ1n) is 29.0. The van der Waals surface area contributed by atoms with Crippen molar-refractivity contribution in [2.75, 3.05) is 49.4 Å². The van der Waals surface area contributed by atoms with Crippen molar-refractivity contribution in [1.82, 2.24) is 48.2 Å². The summed E-state index contributed by atoms with van der Waals surface area (Å²) in [6.07, 6.45) is -16.5. The number of imidazole rings is 1. The Morgan fingerprint density at radius 2 is 0.676 bits per heavy atom. The Hall–Kier alpha value is -5.22. The number of anilines is 4. The van der Waals surface area contributed by atoms with Gasteiger partial charge in [-0.1, -0.05) is 0 Å². The Kier molecular flexibility index (Phi) is 29.4. The molecular formula is C41H65F4N14O43P9. The molecule has 9 unspecified atom stereocenters. The number of ether oxygens (including phenoxy) is 4. The second-order valence-electron chi connectivity index (χ2n) is 23.3. The molecule has 57 nitrogen and oxygen atoms in total. The van der Waals surface area contributed by atoms with Crippen LogP contribution in [0.25, 0.3) is 11.2 Å². The van der Waals surface area contributed by atoms with Gasteiger partial charge in [0.25, 0.3) is 5.56 Å². The predicted molar refractivity (Wildman–Crippen MR) is 346 cm³/mol. The number of nitrogens with one attached hydrogen (secondary N) is 1. The summed E-state index contributed by atoms with van der Waals surface area (Å²) in [5, 5.41) is 40.3. The molecule has 9 heterocycles. The third kappa shape index (κ3) is 25.4. The van der Waals surface area contributed by atoms with Crippen LogP contribution in [0.1, 0.15) is 52.6 Å². The summed E-state index contributed by atoms with van der Waals surface area (Å²) in [6.45, 7) is -0.285. The van der Waals surface area contributed by atoms with Gasteiger partial charge in [-0.25, -0.2) is 78.0 Å². The van der Waals surface area contributed by atoms with Crippen LogP contribution in [0.15, 0.2) is 62.3 Å². The first kappa shape index (κ1) is 94.6. The molecule has 26 N–H and O–H groups in total. The highest BCUT2D eigenvalue weighted by molar-refractivity contribution is 7.67. The number of nitrogens with zero attached hydrogens (tertiary/aromatic N) is 9. The lowest BCUT2D eigenvalue weighted by Crippen LogP contribution is -2.43. The summed E-state index contributed by atoms with van der Waals surface area (Å²) < 4.78 is 219. The number of aliphatic hydroxyl groups excluding tert-OH is 4. The Bertz CT molecular complexity index is 4920. The van der Waals surface area contributed by atoms with Crippen molar-refractivity contribution in [3.63, 3.8) is 0 Å². The standard InChI is InChI=1S/C11H17FN5O13P3.C10H17FN3O13P3.C10H16FN3O10P2.C10H15FN3O7P/c1-11(12)6(18)4(2-27-32(23,24)30-33(25,26)29-31(20,21)22)28-9(11)17-3-14-5-7(17)15-10(13)16-8(5)19;1-10(11)7(15)5(25-8(10)14-3-2-6(12)13-9(14)16)4-24-29(20,21)27-30(22,23)26-28(17,18)19;1-10(11)7(15)5(4-22-26(20,21)24-25(17,18)19)23-8(10)14-3-2-6(12)13-9(14)16;1-10(11)7(15)5(4-20-22(17,18)19)21-8(10)14-3-2-6(12)13-9(14)16/h3-4,6,9,18H,2H2,1H3,(H,23,24)(H,25,26)(H2,20,21,22)(H3,13,15,16,19);2-3,5,7-8,15H,4H2,1H3,(H,20,21)(H,22,23)(H2,12,13,16)(H2,17,18,19);2-3,5,7-8,15H,4H2,1H3,(H,20,21)(H2,12,13,16)(H2,17,18,19);2-3,5,7-8,15H,4H2,1H3,(H2,12,13,16)(H2,17,18,19)/t4-,6+,9-,11?;3*5-,7+,8-,10?/m1111/s1. The van der Waals surface area contributed by atoms with Gasteiger partial charge in [0.2, 0.25) is 5.95 Å². The number of hydrogen-bond acceptors (Lipinski definition) is 39. The fourth-order valence-corrected chi connectivity index (χ4v) is 17.8. The normalized spacial score (nSPS) is 31.1. The number of aromatic amines is 1. The lowest BCUT2D eigenvalue weighted by Gasteiger charge is -2.24. The highest BCUT2D eigenvalue weighted by Gasteiger charge is 2.60. The summed E-state index contributed by atoms with van der Waals surface area (Å²) in [6, 6.07) is 3.58. The van der Waals surface area contributed by atoms with E-state index in [1.54, 1.807) is 0 Å². The molecule has 9 rings (SSSR count). The number of H-pyrrole nitrogens is 1. The van der Waals surface area contributed by atoms with Crippen molar-refractivity contribution < 1.29 is 201 Å². The number of halogens is 4. The van der Waals surface area contributed by atoms with Crippen molar-refractivity contribution in [2.24, 2.45) is 0 Å². The van der Waals surface area contributed by atoms with Gasteiger partial charge in [-0.2, -0.15) is 41.5 Å². The van der Waals surface area contributed by atoms with E-state index in [1.807, 2.05) is 0 Å². The molecule has 0 aromatic carbocycles. The molecule has 5 aromatic heterocycles. The van der Waals surface area contributed by atoms with Crippen LogP contribution in [-0.4, -0.2) is 230 Å². The number of hydrogen-bond donors (Lipinski definition) is 22. The zero-order chi connectivity index (χ0) is 84.7. The summed E-state index contributed by atoms with van der Waals surface area (Å²) in [7, 11) is -49.1. The maximum Gasteiger partial charge on any atom is 0.490 e. The third-order valence-electron chi connectivity index (χ3n) is 14.5. The number of aromatic nitrogens is 10. The minimum atomic E-state index is -5.77. The van der Waals surface area contributed by atoms with Crippen molar-refractivity contribution in [1.29, 1.82) is 0 Å². The summed E-state index contributed by atoms with van der Waals surface area (Å²) in [5.74, 6) is -0.681. The van der Waals surface area contributed by atoms with E-state index in [9.17, 15) is 109 Å². The average molecular weight is 1800 g/mol. The van der Waals surface area contributed by atoms with E-state index in [0.29, 0.717) is 9.13 Å². The van der Waals surface area contributed by atoms with E-state index in [4.69, 9.17) is 90.8 Å². The Morgan fingerprint density at radius 1 is 0.414 bits per heavy atom. The van der Waals surface area contributed by atoms with Gasteiger partial charge in [-0.3, -0.25) is 46.1 Å². The van der Waals surface area contributed by atoms with E-state index in [1.165, 1.54) is 12.1 Å². The van der Waals surface area contributed by atoms with Crippen LogP contribution in [0.2, 0.25) is 0 Å². The molecule has 0 radical (unpaired) electrons. The van der Waals surface area contributed by atoms with Gasteiger partial charge in [0.05, 0.1) is 32.8 Å². The molecule has 0 saturated carbocycles. The monoisotopic (exact) mass is 1800 g/mol. The molecule has 0 spiro atoms. The van der Waals surface area contributed by atoms with Crippen molar-refractivity contribution >= 4 is 105 Å². The Morgan fingerprint density at radius 3 is 0.946 bits per heavy atom. The van der Waals surface area contributed by atoms with Gasteiger partial charge >= 0.3 is 87.5 Å². The van der Waals surface area contributed by atoms with E-state index in [-0.39, 0.29) is 34.6 Å². The van der Waals surface area contributed by atoms with Crippen molar-refractivity contribution in [3.05, 3.63) is 84.9 Å². The lowest BCUT2D eigenvalue weighted by atomic mass is 9.98. The van der Waals surface area contributed by atoms with Gasteiger partial charge in [0, 0.05) is 18.6 Å². The number of phosphoric acid groups is 9. The maximum atomic E-state index is 15.3. The van der Waals surface area contributed by atoms with Crippen LogP contribution in [-0.2, 0) is 99.7 Å². The molecule has 4 fully saturated rings. The predicted octanol–water partition coefficient (Wildman–Crippen LogP) is -3.85. The molecule has 4 aliphatic rings. The molecule has 5 aromatic rings. The summed E-state index contributed by atoms with van der Waals surface area (Å²) >= 11 is 0. The van der Waals surface area contributed by atoms with Crippen LogP contribution >= 0.6 is 70.4 Å². The quantitative estimate of drug-likeness (QED) is 0.0186. The molecule has 4 saturated heterocycles. The van der Waals surface area contributed by atoms with Gasteiger partial charge in [-0.15, -0.1) is 0 Å². The van der Waals surface area contributed by atoms with Crippen molar-refractivity contribution in [3.8, 4) is 0 Å². The largest absolute Gasteiger partial charge is 0.490 e. The number of fused-ring (bicyclic) bond motifs is 1. The van der Waals surface area contributed by atoms with E-state index in [0.717, 1.165) is 67.8 Å². The zero-order valence-corrected chi connectivity index (χ0v) is 63.4. The minimum Gasteiger partial charge on any atom is -0.387 e. The van der Waals surface area contributed by atoms with Crippen LogP contribution in [0.3, 0.4) is 0 Å². The molecule has 0 amide bonds. The first-order valence-corrected chi connectivity index (χ1v) is 42.6. The average Bonchev–Trinajstić information content (AvgIpc) is 1.62. The highest BCUT2D eigenvalue weighted by Crippen LogP contribution is 2.68. The second-order valence-corrected chi connectivity index (χ2v) is 36.2. The minimum absolute atomic E-state index is 0.0678. The number of aliphatic hydroxyl groups is 4. The van der Waals surface area contributed by atoms with Gasteiger partial charge in [-0.05, 0) is 45.9 Å². The third-order valence-corrected chi connectivity index (χ3v) is 24.8. The van der Waals surface area contributed by atoms with Gasteiger partial charge < -0.3 is 126 Å². The number of nitrogens with two attached hydrogens (primary N) is 4. The molecule has 630 valence electrons. The molecule has 21 atom stereocenters. The second kappa shape index (κ2) is 34.5. The number of phosphoric ester groups is 4. The van der Waals surface area contributed by atoms with Crippen LogP contribution in [0, 0.1) is 0 Å². The summed E-state index contributed by atoms with van der Waals surface area (Å²) in [4.78, 5) is 182. The maximum absolute atomic E-state index is 15.3. The molecular weight excluding hydrogens is 1730 g/mol. The molecule has 70 heteroatoms. The van der Waals surface area contributed by atoms with E-state index < -0.39 is 216 Å². The van der Waals surface area contributed by atoms with Crippen LogP contribution in [0.5, 0.6) is 0 Å². The Balaban J connectivity index is 0.000000233. The fraction of sp³-hybridized carbons (Fsp3) is 0.585. The van der Waals surface area contributed by atoms with Crippen LogP contribution in [0.4, 0.5) is 41.0 Å². The first-order chi connectivity index (χ1) is 50.1. The molecule has 111 heavy (non-hydrogen) atoms. The highest BCUT2D eigenvalue weighted by atomic mass is 31.3. The molecule has 0 bridgehead atoms. The number of nitrogen functional groups attached to an aromatic ring is 4. The van der Waals surface area contributed by atoms with Gasteiger partial charge in [0.15, 0.2) is 58.8 Å². The Labute approximate surface area is 611 Å². The van der Waals surface area contributed by atoms with E-state index >= 15 is 4.39 Å². The van der Waals surface area contributed by atoms with Crippen molar-refractivity contribution in [2.45, 2.75) is 124 Å². The smallest absolute Gasteiger partial charge is 0.387 e. The molecule has 0 aliphatic carbocycles. The lowest BCUT2D eigenvalue weighted by molar-refractivity contribution is -0.0604. The fourth-order valence-electron chi connectivity index (χ4n) is 9.77. The van der Waals surface area contributed by atoms with Crippen LogP contribution < -0.4 is 45.6 Å². The molecule has 4 aliphatic heterocycles. The zero-order valence-electron chi connectivity index (χ0n) is 55.4. The topological polar surface area (TPSA) is 890 Å². The number of alkyl halides is 4.